The van der Waals surface area contributed by atoms with Gasteiger partial charge in [0.05, 0.1) is 11.6 Å². The van der Waals surface area contributed by atoms with Crippen LogP contribution in [0.1, 0.15) is 5.56 Å². The lowest BCUT2D eigenvalue weighted by atomic mass is 10.2. The predicted molar refractivity (Wildman–Crippen MR) is 83.0 cm³/mol. The Morgan fingerprint density at radius 3 is 2.57 bits per heavy atom. The molecular weight excluding hydrogens is 339 g/mol. The number of ether oxygens (including phenoxy) is 1. The minimum atomic E-state index is -0.337. The minimum Gasteiger partial charge on any atom is -0.496 e. The summed E-state index contributed by atoms with van der Waals surface area (Å²) in [6.07, 6.45) is 0. The molecule has 6 heteroatoms. The van der Waals surface area contributed by atoms with E-state index in [1.165, 1.54) is 12.1 Å². The second-order valence-corrected chi connectivity index (χ2v) is 5.14. The second-order valence-electron chi connectivity index (χ2n) is 4.28. The Morgan fingerprint density at radius 1 is 1.24 bits per heavy atom. The molecule has 2 N–H and O–H groups in total. The summed E-state index contributed by atoms with van der Waals surface area (Å²) in [5, 5.41) is 5.40. The van der Waals surface area contributed by atoms with Crippen molar-refractivity contribution < 1.29 is 13.9 Å². The molecule has 0 aromatic heterocycles. The van der Waals surface area contributed by atoms with Gasteiger partial charge in [-0.1, -0.05) is 12.1 Å². The van der Waals surface area contributed by atoms with Gasteiger partial charge in [-0.3, -0.25) is 0 Å². The Kier molecular flexibility index (Phi) is 5.16. The second kappa shape index (κ2) is 7.08. The molecule has 0 fully saturated rings. The number of carbonyl (C=O) groups excluding carboxylic acids is 1. The molecule has 0 spiro atoms. The van der Waals surface area contributed by atoms with Crippen LogP contribution >= 0.6 is 15.9 Å². The molecule has 4 nitrogen and oxygen atoms in total. The zero-order valence-electron chi connectivity index (χ0n) is 11.3. The van der Waals surface area contributed by atoms with Crippen LogP contribution in [0.5, 0.6) is 5.75 Å². The number of carbonyl (C=O) groups is 1. The van der Waals surface area contributed by atoms with Crippen LogP contribution in [0.4, 0.5) is 14.9 Å². The van der Waals surface area contributed by atoms with Gasteiger partial charge in [-0.2, -0.15) is 0 Å². The standard InChI is InChI=1S/C15H14BrFN2O2/c1-21-14-7-6-12(8-13(14)16)19-15(20)18-9-10-2-4-11(17)5-3-10/h2-8H,9H2,1H3,(H2,18,19,20). The number of halogens is 2. The summed E-state index contributed by atoms with van der Waals surface area (Å²) in [6.45, 7) is 0.323. The van der Waals surface area contributed by atoms with E-state index in [1.807, 2.05) is 0 Å². The summed E-state index contributed by atoms with van der Waals surface area (Å²) in [5.41, 5.74) is 1.46. The highest BCUT2D eigenvalue weighted by Crippen LogP contribution is 2.27. The highest BCUT2D eigenvalue weighted by molar-refractivity contribution is 9.10. The highest BCUT2D eigenvalue weighted by atomic mass is 79.9. The van der Waals surface area contributed by atoms with Crippen molar-refractivity contribution in [1.29, 1.82) is 0 Å². The lowest BCUT2D eigenvalue weighted by Gasteiger charge is -2.09. The van der Waals surface area contributed by atoms with E-state index >= 15 is 0 Å². The summed E-state index contributed by atoms with van der Waals surface area (Å²) in [6, 6.07) is 10.9. The van der Waals surface area contributed by atoms with Gasteiger partial charge < -0.3 is 15.4 Å². The third-order valence-corrected chi connectivity index (χ3v) is 3.40. The Balaban J connectivity index is 1.89. The Morgan fingerprint density at radius 2 is 1.95 bits per heavy atom. The smallest absolute Gasteiger partial charge is 0.319 e. The van der Waals surface area contributed by atoms with Crippen LogP contribution in [0.2, 0.25) is 0 Å². The van der Waals surface area contributed by atoms with Crippen molar-refractivity contribution in [3.63, 3.8) is 0 Å². The first-order chi connectivity index (χ1) is 10.1. The Hall–Kier alpha value is -2.08. The molecule has 21 heavy (non-hydrogen) atoms. The van der Waals surface area contributed by atoms with Gasteiger partial charge in [0.15, 0.2) is 0 Å². The Bertz CT molecular complexity index is 632. The SMILES string of the molecule is COc1ccc(NC(=O)NCc2ccc(F)cc2)cc1Br. The number of amides is 2. The number of benzene rings is 2. The van der Waals surface area contributed by atoms with Gasteiger partial charge in [-0.25, -0.2) is 9.18 Å². The third-order valence-electron chi connectivity index (χ3n) is 2.78. The van der Waals surface area contributed by atoms with E-state index in [1.54, 1.807) is 37.4 Å². The van der Waals surface area contributed by atoms with Crippen LogP contribution in [0.25, 0.3) is 0 Å². The quantitative estimate of drug-likeness (QED) is 0.876. The number of nitrogens with one attached hydrogen (secondary N) is 2. The van der Waals surface area contributed by atoms with E-state index in [-0.39, 0.29) is 11.8 Å². The molecule has 2 aromatic rings. The van der Waals surface area contributed by atoms with E-state index in [9.17, 15) is 9.18 Å². The van der Waals surface area contributed by atoms with Crippen LogP contribution in [0.15, 0.2) is 46.9 Å². The number of urea groups is 1. The molecule has 2 aromatic carbocycles. The number of rotatable bonds is 4. The molecule has 0 aliphatic heterocycles. The maximum absolute atomic E-state index is 12.8. The van der Waals surface area contributed by atoms with Gasteiger partial charge in [-0.15, -0.1) is 0 Å². The van der Waals surface area contributed by atoms with Crippen molar-refractivity contribution in [1.82, 2.24) is 5.32 Å². The zero-order chi connectivity index (χ0) is 15.2. The van der Waals surface area contributed by atoms with Gasteiger partial charge in [0, 0.05) is 12.2 Å². The molecule has 0 aliphatic rings. The molecule has 110 valence electrons. The molecule has 0 saturated carbocycles. The fourth-order valence-corrected chi connectivity index (χ4v) is 2.24. The molecule has 0 aliphatic carbocycles. The van der Waals surface area contributed by atoms with Crippen molar-refractivity contribution in [2.24, 2.45) is 0 Å². The van der Waals surface area contributed by atoms with Crippen molar-refractivity contribution in [3.8, 4) is 5.75 Å². The number of hydrogen-bond acceptors (Lipinski definition) is 2. The van der Waals surface area contributed by atoms with Gasteiger partial charge in [0.25, 0.3) is 0 Å². The molecule has 2 amide bonds. The zero-order valence-corrected chi connectivity index (χ0v) is 12.9. The molecular formula is C15H14BrFN2O2. The predicted octanol–water partition coefficient (Wildman–Crippen LogP) is 3.92. The highest BCUT2D eigenvalue weighted by Gasteiger charge is 2.05. The molecule has 0 heterocycles. The first kappa shape index (κ1) is 15.3. The largest absolute Gasteiger partial charge is 0.496 e. The summed E-state index contributed by atoms with van der Waals surface area (Å²) >= 11 is 3.35. The van der Waals surface area contributed by atoms with Gasteiger partial charge >= 0.3 is 6.03 Å². The van der Waals surface area contributed by atoms with Crippen molar-refractivity contribution in [2.75, 3.05) is 12.4 Å². The van der Waals surface area contributed by atoms with Gasteiger partial charge in [0.1, 0.15) is 11.6 Å². The van der Waals surface area contributed by atoms with E-state index < -0.39 is 0 Å². The minimum absolute atomic E-state index is 0.300. The van der Waals surface area contributed by atoms with Gasteiger partial charge in [0.2, 0.25) is 0 Å². The Labute approximate surface area is 130 Å². The summed E-state index contributed by atoms with van der Waals surface area (Å²) in [7, 11) is 1.57. The first-order valence-corrected chi connectivity index (χ1v) is 7.00. The van der Waals surface area contributed by atoms with Gasteiger partial charge in [-0.05, 0) is 51.8 Å². The van der Waals surface area contributed by atoms with Crippen molar-refractivity contribution in [3.05, 3.63) is 58.3 Å². The number of hydrogen-bond donors (Lipinski definition) is 2. The average molecular weight is 353 g/mol. The van der Waals surface area contributed by atoms with Crippen LogP contribution in [0, 0.1) is 5.82 Å². The third kappa shape index (κ3) is 4.46. The van der Waals surface area contributed by atoms with Crippen LogP contribution in [-0.2, 0) is 6.54 Å². The number of methoxy groups -OCH3 is 1. The fraction of sp³-hybridized carbons (Fsp3) is 0.133. The molecule has 0 bridgehead atoms. The monoisotopic (exact) mass is 352 g/mol. The lowest BCUT2D eigenvalue weighted by Crippen LogP contribution is -2.28. The molecule has 0 atom stereocenters. The van der Waals surface area contributed by atoms with Crippen LogP contribution in [-0.4, -0.2) is 13.1 Å². The first-order valence-electron chi connectivity index (χ1n) is 6.21. The normalized spacial score (nSPS) is 10.0. The topological polar surface area (TPSA) is 50.4 Å². The molecule has 0 saturated heterocycles. The summed E-state index contributed by atoms with van der Waals surface area (Å²) in [4.78, 5) is 11.8. The number of anilines is 1. The van der Waals surface area contributed by atoms with Crippen LogP contribution < -0.4 is 15.4 Å². The summed E-state index contributed by atoms with van der Waals surface area (Å²) < 4.78 is 18.6. The van der Waals surface area contributed by atoms with E-state index in [0.29, 0.717) is 18.0 Å². The fourth-order valence-electron chi connectivity index (χ4n) is 1.70. The van der Waals surface area contributed by atoms with Crippen LogP contribution in [0.3, 0.4) is 0 Å². The van der Waals surface area contributed by atoms with E-state index in [2.05, 4.69) is 26.6 Å². The molecule has 0 radical (unpaired) electrons. The summed E-state index contributed by atoms with van der Waals surface area (Å²) in [5.74, 6) is 0.388. The van der Waals surface area contributed by atoms with E-state index in [0.717, 1.165) is 10.0 Å². The average Bonchev–Trinajstić information content (AvgIpc) is 2.47. The van der Waals surface area contributed by atoms with Crippen molar-refractivity contribution >= 4 is 27.6 Å². The van der Waals surface area contributed by atoms with Crippen molar-refractivity contribution in [2.45, 2.75) is 6.54 Å². The maximum atomic E-state index is 12.8. The maximum Gasteiger partial charge on any atom is 0.319 e. The molecule has 0 unspecified atom stereocenters. The molecule has 2 rings (SSSR count). The lowest BCUT2D eigenvalue weighted by molar-refractivity contribution is 0.251. The van der Waals surface area contributed by atoms with E-state index in [4.69, 9.17) is 4.74 Å².